The van der Waals surface area contributed by atoms with Crippen LogP contribution in [0.25, 0.3) is 0 Å². The first-order valence-corrected chi connectivity index (χ1v) is 6.39. The third kappa shape index (κ3) is 5.01. The fourth-order valence-corrected chi connectivity index (χ4v) is 1.62. The van der Waals surface area contributed by atoms with Gasteiger partial charge in [0.1, 0.15) is 0 Å². The average molecular weight is 255 g/mol. The normalized spacial score (nSPS) is 11.5. The summed E-state index contributed by atoms with van der Waals surface area (Å²) in [6.45, 7) is 7.77. The maximum Gasteiger partial charge on any atom is 0.318 e. The van der Waals surface area contributed by atoms with E-state index in [1.165, 1.54) is 0 Å². The van der Waals surface area contributed by atoms with Crippen molar-refractivity contribution in [2.75, 3.05) is 45.7 Å². The molecule has 1 heterocycles. The lowest BCUT2D eigenvalue weighted by Gasteiger charge is -2.23. The smallest absolute Gasteiger partial charge is 0.318 e. The van der Waals surface area contributed by atoms with Crippen molar-refractivity contribution in [3.05, 3.63) is 5.89 Å². The quantitative estimate of drug-likeness (QED) is 0.742. The summed E-state index contributed by atoms with van der Waals surface area (Å²) in [6, 6.07) is 0.621. The van der Waals surface area contributed by atoms with E-state index in [0.717, 1.165) is 19.6 Å². The Morgan fingerprint density at radius 2 is 1.94 bits per heavy atom. The van der Waals surface area contributed by atoms with Gasteiger partial charge in [0.05, 0.1) is 6.54 Å². The molecule has 0 amide bonds. The molecule has 0 spiro atoms. The molecule has 18 heavy (non-hydrogen) atoms. The summed E-state index contributed by atoms with van der Waals surface area (Å²) in [5.41, 5.74) is 0. The molecule has 1 rings (SSSR count). The predicted octanol–water partition coefficient (Wildman–Crippen LogP) is 0.813. The summed E-state index contributed by atoms with van der Waals surface area (Å²) in [5, 5.41) is 11.1. The zero-order chi connectivity index (χ0) is 13.5. The molecule has 0 unspecified atom stereocenters. The molecule has 1 aromatic heterocycles. The molecule has 0 aliphatic heterocycles. The maximum absolute atomic E-state index is 5.64. The lowest BCUT2D eigenvalue weighted by molar-refractivity contribution is 0.395. The van der Waals surface area contributed by atoms with E-state index in [-0.39, 0.29) is 0 Å². The summed E-state index contributed by atoms with van der Waals surface area (Å²) in [5.74, 6) is 1.19. The molecule has 6 nitrogen and oxygen atoms in total. The number of aromatic nitrogens is 2. The zero-order valence-electron chi connectivity index (χ0n) is 12.1. The highest BCUT2D eigenvalue weighted by atomic mass is 16.4. The first-order chi connectivity index (χ1) is 8.52. The van der Waals surface area contributed by atoms with Gasteiger partial charge in [0, 0.05) is 19.6 Å². The number of nitrogens with zero attached hydrogens (tertiary/aromatic N) is 4. The molecule has 0 aromatic carbocycles. The second kappa shape index (κ2) is 7.33. The Kier molecular flexibility index (Phi) is 6.07. The van der Waals surface area contributed by atoms with E-state index in [0.29, 0.717) is 24.4 Å². The van der Waals surface area contributed by atoms with Crippen LogP contribution >= 0.6 is 0 Å². The van der Waals surface area contributed by atoms with Gasteiger partial charge in [0.15, 0.2) is 0 Å². The highest BCUT2D eigenvalue weighted by Gasteiger charge is 2.15. The molecule has 1 aromatic rings. The molecule has 0 atom stereocenters. The van der Waals surface area contributed by atoms with Crippen molar-refractivity contribution >= 4 is 6.01 Å². The summed E-state index contributed by atoms with van der Waals surface area (Å²) in [7, 11) is 5.99. The monoisotopic (exact) mass is 255 g/mol. The molecule has 6 heteroatoms. The van der Waals surface area contributed by atoms with Crippen LogP contribution in [-0.4, -0.2) is 55.9 Å². The van der Waals surface area contributed by atoms with Crippen molar-refractivity contribution < 1.29 is 4.42 Å². The lowest BCUT2D eigenvalue weighted by atomic mass is 10.2. The number of anilines is 1. The van der Waals surface area contributed by atoms with Gasteiger partial charge in [0.2, 0.25) is 5.89 Å². The molecular weight excluding hydrogens is 230 g/mol. The molecule has 0 aliphatic carbocycles. The van der Waals surface area contributed by atoms with Crippen LogP contribution < -0.4 is 10.2 Å². The van der Waals surface area contributed by atoms with Gasteiger partial charge in [-0.15, -0.1) is 5.10 Å². The fraction of sp³-hybridized carbons (Fsp3) is 0.833. The van der Waals surface area contributed by atoms with E-state index in [1.54, 1.807) is 0 Å². The van der Waals surface area contributed by atoms with Crippen LogP contribution in [0.5, 0.6) is 0 Å². The van der Waals surface area contributed by atoms with Gasteiger partial charge in [-0.25, -0.2) is 0 Å². The molecule has 0 aliphatic rings. The van der Waals surface area contributed by atoms with Crippen LogP contribution in [0.1, 0.15) is 19.7 Å². The summed E-state index contributed by atoms with van der Waals surface area (Å²) in [4.78, 5) is 4.30. The van der Waals surface area contributed by atoms with Crippen LogP contribution in [0.4, 0.5) is 6.01 Å². The number of nitrogens with one attached hydrogen (secondary N) is 1. The lowest BCUT2D eigenvalue weighted by Crippen LogP contribution is -2.34. The predicted molar refractivity (Wildman–Crippen MR) is 72.7 cm³/mol. The van der Waals surface area contributed by atoms with Crippen molar-refractivity contribution in [2.45, 2.75) is 20.4 Å². The minimum absolute atomic E-state index is 0.562. The second-order valence-corrected chi connectivity index (χ2v) is 5.15. The Hall–Kier alpha value is -1.14. The highest BCUT2D eigenvalue weighted by molar-refractivity contribution is 5.24. The third-order valence-corrected chi connectivity index (χ3v) is 2.46. The molecule has 1 N–H and O–H groups in total. The van der Waals surface area contributed by atoms with Gasteiger partial charge < -0.3 is 19.5 Å². The van der Waals surface area contributed by atoms with Crippen molar-refractivity contribution in [1.82, 2.24) is 20.4 Å². The fourth-order valence-electron chi connectivity index (χ4n) is 1.62. The number of hydrogen-bond acceptors (Lipinski definition) is 6. The first kappa shape index (κ1) is 14.9. The maximum atomic E-state index is 5.64. The minimum Gasteiger partial charge on any atom is -0.407 e. The van der Waals surface area contributed by atoms with Gasteiger partial charge in [0.25, 0.3) is 0 Å². The number of likely N-dealkylation sites (N-methyl/N-ethyl adjacent to an activating group) is 1. The van der Waals surface area contributed by atoms with Crippen molar-refractivity contribution in [3.8, 4) is 0 Å². The minimum atomic E-state index is 0.562. The highest BCUT2D eigenvalue weighted by Crippen LogP contribution is 2.13. The van der Waals surface area contributed by atoms with E-state index >= 15 is 0 Å². The summed E-state index contributed by atoms with van der Waals surface area (Å²) >= 11 is 0. The standard InChI is InChI=1S/C12H25N5O/c1-10(2)9-17(7-6-16(4)5)12-15-14-11(18-12)8-13-3/h10,13H,6-9H2,1-5H3. The molecule has 0 saturated carbocycles. The Balaban J connectivity index is 2.67. The molecule has 0 fully saturated rings. The molecule has 0 bridgehead atoms. The van der Waals surface area contributed by atoms with Gasteiger partial charge in [-0.05, 0) is 27.1 Å². The van der Waals surface area contributed by atoms with Crippen LogP contribution in [0.2, 0.25) is 0 Å². The Bertz CT molecular complexity index is 337. The van der Waals surface area contributed by atoms with E-state index in [2.05, 4.69) is 53.3 Å². The van der Waals surface area contributed by atoms with E-state index in [1.807, 2.05) is 7.05 Å². The molecule has 0 saturated heterocycles. The van der Waals surface area contributed by atoms with Crippen molar-refractivity contribution in [3.63, 3.8) is 0 Å². The van der Waals surface area contributed by atoms with Gasteiger partial charge >= 0.3 is 6.01 Å². The van der Waals surface area contributed by atoms with E-state index in [9.17, 15) is 0 Å². The van der Waals surface area contributed by atoms with Crippen LogP contribution in [-0.2, 0) is 6.54 Å². The SMILES string of the molecule is CNCc1nnc(N(CCN(C)C)CC(C)C)o1. The average Bonchev–Trinajstić information content (AvgIpc) is 2.72. The number of rotatable bonds is 8. The van der Waals surface area contributed by atoms with Gasteiger partial charge in [-0.3, -0.25) is 0 Å². The van der Waals surface area contributed by atoms with Crippen molar-refractivity contribution in [2.24, 2.45) is 5.92 Å². The first-order valence-electron chi connectivity index (χ1n) is 6.39. The second-order valence-electron chi connectivity index (χ2n) is 5.15. The van der Waals surface area contributed by atoms with Gasteiger partial charge in [-0.2, -0.15) is 0 Å². The summed E-state index contributed by atoms with van der Waals surface area (Å²) in [6.07, 6.45) is 0. The van der Waals surface area contributed by atoms with Crippen molar-refractivity contribution in [1.29, 1.82) is 0 Å². The summed E-state index contributed by atoms with van der Waals surface area (Å²) < 4.78 is 5.64. The Morgan fingerprint density at radius 3 is 2.50 bits per heavy atom. The van der Waals surface area contributed by atoms with E-state index in [4.69, 9.17) is 4.42 Å². The Morgan fingerprint density at radius 1 is 1.22 bits per heavy atom. The van der Waals surface area contributed by atoms with Gasteiger partial charge in [-0.1, -0.05) is 18.9 Å². The topological polar surface area (TPSA) is 57.4 Å². The largest absolute Gasteiger partial charge is 0.407 e. The number of hydrogen-bond donors (Lipinski definition) is 1. The zero-order valence-corrected chi connectivity index (χ0v) is 12.1. The van der Waals surface area contributed by atoms with Crippen LogP contribution in [0.3, 0.4) is 0 Å². The van der Waals surface area contributed by atoms with Crippen LogP contribution in [0.15, 0.2) is 4.42 Å². The molecule has 104 valence electrons. The Labute approximate surface area is 109 Å². The third-order valence-electron chi connectivity index (χ3n) is 2.46. The molecule has 0 radical (unpaired) electrons. The van der Waals surface area contributed by atoms with Crippen LogP contribution in [0, 0.1) is 5.92 Å². The molecular formula is C12H25N5O. The van der Waals surface area contributed by atoms with E-state index < -0.39 is 0 Å².